The summed E-state index contributed by atoms with van der Waals surface area (Å²) in [5.41, 5.74) is 0.181. The van der Waals surface area contributed by atoms with Crippen LogP contribution in [0.4, 0.5) is 10.1 Å². The molecule has 1 aromatic carbocycles. The van der Waals surface area contributed by atoms with E-state index >= 15 is 0 Å². The molecule has 0 saturated heterocycles. The number of nitrogens with zero attached hydrogens (tertiary/aromatic N) is 1. The molecule has 1 N–H and O–H groups in total. The topological polar surface area (TPSA) is 40.5 Å². The van der Waals surface area contributed by atoms with E-state index in [-0.39, 0.29) is 5.82 Å². The van der Waals surface area contributed by atoms with Crippen molar-refractivity contribution in [2.75, 3.05) is 18.5 Å². The summed E-state index contributed by atoms with van der Waals surface area (Å²) in [4.78, 5) is 13.6. The summed E-state index contributed by atoms with van der Waals surface area (Å²) in [5.74, 6) is -0.376. The SMILES string of the molecule is CC1CCC(CN(C)c2ccc(F)cc2)(C(=O)O)CC1. The first-order valence-corrected chi connectivity index (χ1v) is 7.13. The van der Waals surface area contributed by atoms with Crippen molar-refractivity contribution in [2.24, 2.45) is 11.3 Å². The third-order valence-corrected chi connectivity index (χ3v) is 4.49. The highest BCUT2D eigenvalue weighted by molar-refractivity contribution is 5.75. The van der Waals surface area contributed by atoms with Gasteiger partial charge in [0.05, 0.1) is 5.41 Å². The number of rotatable bonds is 4. The lowest BCUT2D eigenvalue weighted by atomic mass is 9.70. The van der Waals surface area contributed by atoms with E-state index in [1.807, 2.05) is 11.9 Å². The largest absolute Gasteiger partial charge is 0.481 e. The van der Waals surface area contributed by atoms with Gasteiger partial charge in [0.15, 0.2) is 0 Å². The Balaban J connectivity index is 2.12. The third-order valence-electron chi connectivity index (χ3n) is 4.49. The fourth-order valence-electron chi connectivity index (χ4n) is 3.00. The van der Waals surface area contributed by atoms with Gasteiger partial charge in [0.1, 0.15) is 5.82 Å². The molecule has 0 atom stereocenters. The second kappa shape index (κ2) is 5.81. The van der Waals surface area contributed by atoms with Gasteiger partial charge in [-0.1, -0.05) is 6.92 Å². The number of aliphatic carboxylic acids is 1. The Hall–Kier alpha value is -1.58. The van der Waals surface area contributed by atoms with E-state index in [0.717, 1.165) is 31.4 Å². The minimum absolute atomic E-state index is 0.276. The summed E-state index contributed by atoms with van der Waals surface area (Å²) >= 11 is 0. The highest BCUT2D eigenvalue weighted by Gasteiger charge is 2.42. The summed E-state index contributed by atoms with van der Waals surface area (Å²) in [6.45, 7) is 2.65. The molecular formula is C16H22FNO2. The first kappa shape index (κ1) is 14.8. The molecule has 110 valence electrons. The molecule has 20 heavy (non-hydrogen) atoms. The van der Waals surface area contributed by atoms with Crippen LogP contribution >= 0.6 is 0 Å². The Bertz CT molecular complexity index is 464. The van der Waals surface area contributed by atoms with Crippen LogP contribution in [0.5, 0.6) is 0 Å². The molecule has 0 heterocycles. The molecule has 0 bridgehead atoms. The smallest absolute Gasteiger partial charge is 0.311 e. The van der Waals surface area contributed by atoms with Crippen molar-refractivity contribution < 1.29 is 14.3 Å². The van der Waals surface area contributed by atoms with Gasteiger partial charge in [0.25, 0.3) is 0 Å². The maximum Gasteiger partial charge on any atom is 0.311 e. The van der Waals surface area contributed by atoms with Crippen LogP contribution in [0.3, 0.4) is 0 Å². The highest BCUT2D eigenvalue weighted by atomic mass is 19.1. The van der Waals surface area contributed by atoms with Crippen LogP contribution < -0.4 is 4.90 Å². The second-order valence-corrected chi connectivity index (χ2v) is 6.10. The van der Waals surface area contributed by atoms with E-state index in [2.05, 4.69) is 6.92 Å². The average Bonchev–Trinajstić information content (AvgIpc) is 2.42. The van der Waals surface area contributed by atoms with E-state index in [9.17, 15) is 14.3 Å². The quantitative estimate of drug-likeness (QED) is 0.916. The summed E-state index contributed by atoms with van der Waals surface area (Å²) in [5, 5.41) is 9.63. The molecule has 1 aliphatic rings. The van der Waals surface area contributed by atoms with Crippen molar-refractivity contribution in [1.82, 2.24) is 0 Å². The number of hydrogen-bond acceptors (Lipinski definition) is 2. The number of carboxylic acids is 1. The van der Waals surface area contributed by atoms with Crippen LogP contribution in [-0.2, 0) is 4.79 Å². The zero-order valence-corrected chi connectivity index (χ0v) is 12.1. The first-order valence-electron chi connectivity index (χ1n) is 7.13. The van der Waals surface area contributed by atoms with Crippen molar-refractivity contribution in [3.05, 3.63) is 30.1 Å². The number of hydrogen-bond donors (Lipinski definition) is 1. The second-order valence-electron chi connectivity index (χ2n) is 6.10. The number of anilines is 1. The average molecular weight is 279 g/mol. The predicted molar refractivity (Wildman–Crippen MR) is 77.4 cm³/mol. The van der Waals surface area contributed by atoms with Gasteiger partial charge >= 0.3 is 5.97 Å². The van der Waals surface area contributed by atoms with Crippen LogP contribution in [-0.4, -0.2) is 24.7 Å². The maximum atomic E-state index is 12.9. The van der Waals surface area contributed by atoms with Gasteiger partial charge in [-0.05, 0) is 55.9 Å². The summed E-state index contributed by atoms with van der Waals surface area (Å²) in [6.07, 6.45) is 3.36. The molecule has 0 radical (unpaired) electrons. The van der Waals surface area contributed by atoms with Gasteiger partial charge in [-0.3, -0.25) is 4.79 Å². The van der Waals surface area contributed by atoms with Crippen LogP contribution in [0, 0.1) is 17.2 Å². The van der Waals surface area contributed by atoms with Gasteiger partial charge in [0.2, 0.25) is 0 Å². The Labute approximate surface area is 119 Å². The molecule has 2 rings (SSSR count). The zero-order valence-electron chi connectivity index (χ0n) is 12.1. The van der Waals surface area contributed by atoms with Crippen molar-refractivity contribution in [1.29, 1.82) is 0 Å². The first-order chi connectivity index (χ1) is 9.43. The standard InChI is InChI=1S/C16H22FNO2/c1-12-7-9-16(10-8-12,15(19)20)11-18(2)14-5-3-13(17)4-6-14/h3-6,12H,7-11H2,1-2H3,(H,19,20). The molecule has 0 spiro atoms. The lowest BCUT2D eigenvalue weighted by Gasteiger charge is -2.39. The molecule has 0 aliphatic heterocycles. The van der Waals surface area contributed by atoms with Crippen molar-refractivity contribution >= 4 is 11.7 Å². The number of benzene rings is 1. The normalized spacial score (nSPS) is 26.2. The van der Waals surface area contributed by atoms with E-state index in [4.69, 9.17) is 0 Å². The Morgan fingerprint density at radius 1 is 1.35 bits per heavy atom. The van der Waals surface area contributed by atoms with E-state index < -0.39 is 11.4 Å². The molecule has 4 heteroatoms. The van der Waals surface area contributed by atoms with Crippen molar-refractivity contribution in [3.8, 4) is 0 Å². The predicted octanol–water partition coefficient (Wildman–Crippen LogP) is 3.54. The lowest BCUT2D eigenvalue weighted by Crippen LogP contribution is -2.44. The molecule has 0 aromatic heterocycles. The maximum absolute atomic E-state index is 12.9. The Morgan fingerprint density at radius 3 is 2.40 bits per heavy atom. The van der Waals surface area contributed by atoms with E-state index in [1.54, 1.807) is 12.1 Å². The highest BCUT2D eigenvalue weighted by Crippen LogP contribution is 2.40. The molecule has 1 aromatic rings. The zero-order chi connectivity index (χ0) is 14.8. The fourth-order valence-corrected chi connectivity index (χ4v) is 3.00. The van der Waals surface area contributed by atoms with Crippen LogP contribution in [0.2, 0.25) is 0 Å². The van der Waals surface area contributed by atoms with Gasteiger partial charge in [-0.25, -0.2) is 4.39 Å². The van der Waals surface area contributed by atoms with E-state index in [1.165, 1.54) is 12.1 Å². The molecule has 1 fully saturated rings. The fraction of sp³-hybridized carbons (Fsp3) is 0.562. The van der Waals surface area contributed by atoms with Crippen LogP contribution in [0.25, 0.3) is 0 Å². The monoisotopic (exact) mass is 279 g/mol. The Kier molecular flexibility index (Phi) is 4.31. The number of carboxylic acid groups (broad SMARTS) is 1. The minimum atomic E-state index is -0.710. The minimum Gasteiger partial charge on any atom is -0.481 e. The Morgan fingerprint density at radius 2 is 1.90 bits per heavy atom. The molecule has 3 nitrogen and oxygen atoms in total. The van der Waals surface area contributed by atoms with Gasteiger partial charge in [0, 0.05) is 19.3 Å². The van der Waals surface area contributed by atoms with E-state index in [0.29, 0.717) is 12.5 Å². The van der Waals surface area contributed by atoms with Gasteiger partial charge < -0.3 is 10.0 Å². The summed E-state index contributed by atoms with van der Waals surface area (Å²) in [6, 6.07) is 6.19. The summed E-state index contributed by atoms with van der Waals surface area (Å²) < 4.78 is 12.9. The molecule has 0 unspecified atom stereocenters. The number of carbonyl (C=O) groups is 1. The molecule has 1 aliphatic carbocycles. The third kappa shape index (κ3) is 3.11. The lowest BCUT2D eigenvalue weighted by molar-refractivity contribution is -0.150. The molecular weight excluding hydrogens is 257 g/mol. The van der Waals surface area contributed by atoms with Gasteiger partial charge in [-0.15, -0.1) is 0 Å². The van der Waals surface area contributed by atoms with Crippen molar-refractivity contribution in [2.45, 2.75) is 32.6 Å². The van der Waals surface area contributed by atoms with Crippen LogP contribution in [0.1, 0.15) is 32.6 Å². The van der Waals surface area contributed by atoms with Gasteiger partial charge in [-0.2, -0.15) is 0 Å². The number of halogens is 1. The van der Waals surface area contributed by atoms with Crippen molar-refractivity contribution in [3.63, 3.8) is 0 Å². The summed E-state index contributed by atoms with van der Waals surface area (Å²) in [7, 11) is 1.87. The van der Waals surface area contributed by atoms with Crippen LogP contribution in [0.15, 0.2) is 24.3 Å². The molecule has 0 amide bonds. The molecule has 1 saturated carbocycles.